The average molecular weight is 282 g/mol. The van der Waals surface area contributed by atoms with E-state index < -0.39 is 0 Å². The molecule has 0 heterocycles. The minimum atomic E-state index is 0.0132. The highest BCUT2D eigenvalue weighted by Crippen LogP contribution is 2.16. The quantitative estimate of drug-likeness (QED) is 0.855. The van der Waals surface area contributed by atoms with E-state index in [4.69, 9.17) is 0 Å². The molecule has 0 bridgehead atoms. The van der Waals surface area contributed by atoms with Gasteiger partial charge in [-0.05, 0) is 30.5 Å². The summed E-state index contributed by atoms with van der Waals surface area (Å²) in [6.07, 6.45) is 0. The molecule has 2 aromatic rings. The minimum Gasteiger partial charge on any atom is -0.351 e. The molecule has 0 radical (unpaired) electrons. The molecule has 2 N–H and O–H groups in total. The molecule has 0 saturated carbocycles. The molecule has 0 fully saturated rings. The number of hydrogen-bond acceptors (Lipinski definition) is 2. The van der Waals surface area contributed by atoms with Crippen LogP contribution in [0.2, 0.25) is 0 Å². The van der Waals surface area contributed by atoms with Crippen LogP contribution in [0.15, 0.2) is 54.6 Å². The van der Waals surface area contributed by atoms with Crippen LogP contribution in [0.3, 0.4) is 0 Å². The van der Waals surface area contributed by atoms with Gasteiger partial charge in [-0.3, -0.25) is 4.79 Å². The van der Waals surface area contributed by atoms with E-state index in [0.717, 1.165) is 5.56 Å². The standard InChI is InChI=1S/C18H22N2O/c1-14-8-6-7-11-17(14)15(2)19-13-18(21)20-12-16-9-4-3-5-10-16/h3-11,15,19H,12-13H2,1-2H3,(H,20,21)/t15-/m0/s1. The Hall–Kier alpha value is -2.13. The lowest BCUT2D eigenvalue weighted by molar-refractivity contribution is -0.120. The molecule has 0 spiro atoms. The summed E-state index contributed by atoms with van der Waals surface area (Å²) in [5, 5.41) is 6.18. The maximum atomic E-state index is 11.9. The van der Waals surface area contributed by atoms with Crippen LogP contribution in [-0.4, -0.2) is 12.5 Å². The van der Waals surface area contributed by atoms with Crippen LogP contribution in [0.5, 0.6) is 0 Å². The van der Waals surface area contributed by atoms with Crippen molar-refractivity contribution < 1.29 is 4.79 Å². The molecule has 0 aliphatic carbocycles. The lowest BCUT2D eigenvalue weighted by Gasteiger charge is -2.16. The lowest BCUT2D eigenvalue weighted by atomic mass is 10.0. The van der Waals surface area contributed by atoms with Crippen molar-refractivity contribution in [2.45, 2.75) is 26.4 Å². The number of amides is 1. The lowest BCUT2D eigenvalue weighted by Crippen LogP contribution is -2.34. The second-order valence-electron chi connectivity index (χ2n) is 5.22. The van der Waals surface area contributed by atoms with Crippen molar-refractivity contribution in [3.8, 4) is 0 Å². The van der Waals surface area contributed by atoms with E-state index in [9.17, 15) is 4.79 Å². The first kappa shape index (κ1) is 15.3. The molecule has 1 amide bonds. The first-order valence-corrected chi connectivity index (χ1v) is 7.26. The van der Waals surface area contributed by atoms with E-state index in [1.165, 1.54) is 11.1 Å². The highest BCUT2D eigenvalue weighted by Gasteiger charge is 2.09. The third kappa shape index (κ3) is 4.72. The Labute approximate surface area is 126 Å². The summed E-state index contributed by atoms with van der Waals surface area (Å²) in [5.41, 5.74) is 3.58. The van der Waals surface area contributed by atoms with Gasteiger partial charge in [0.1, 0.15) is 0 Å². The van der Waals surface area contributed by atoms with Gasteiger partial charge in [0.25, 0.3) is 0 Å². The summed E-state index contributed by atoms with van der Waals surface area (Å²) in [5.74, 6) is 0.0132. The molecule has 3 heteroatoms. The van der Waals surface area contributed by atoms with Crippen LogP contribution >= 0.6 is 0 Å². The summed E-state index contributed by atoms with van der Waals surface area (Å²) in [7, 11) is 0. The maximum absolute atomic E-state index is 11.9. The predicted octanol–water partition coefficient (Wildman–Crippen LogP) is 2.96. The van der Waals surface area contributed by atoms with Crippen LogP contribution < -0.4 is 10.6 Å². The minimum absolute atomic E-state index is 0.0132. The smallest absolute Gasteiger partial charge is 0.234 e. The third-order valence-corrected chi connectivity index (χ3v) is 3.56. The van der Waals surface area contributed by atoms with Gasteiger partial charge in [-0.25, -0.2) is 0 Å². The number of nitrogens with one attached hydrogen (secondary N) is 2. The number of carbonyl (C=O) groups is 1. The molecule has 0 unspecified atom stereocenters. The Morgan fingerprint density at radius 1 is 1.05 bits per heavy atom. The summed E-state index contributed by atoms with van der Waals surface area (Å²) in [6.45, 7) is 5.05. The second kappa shape index (κ2) is 7.60. The van der Waals surface area contributed by atoms with Crippen molar-refractivity contribution in [3.63, 3.8) is 0 Å². The van der Waals surface area contributed by atoms with Crippen molar-refractivity contribution in [3.05, 3.63) is 71.3 Å². The van der Waals surface area contributed by atoms with Crippen molar-refractivity contribution in [1.82, 2.24) is 10.6 Å². The molecule has 21 heavy (non-hydrogen) atoms. The molecule has 2 rings (SSSR count). The van der Waals surface area contributed by atoms with Gasteiger partial charge in [0.15, 0.2) is 0 Å². The molecule has 110 valence electrons. The number of aryl methyl sites for hydroxylation is 1. The zero-order chi connectivity index (χ0) is 15.1. The summed E-state index contributed by atoms with van der Waals surface area (Å²) >= 11 is 0. The predicted molar refractivity (Wildman–Crippen MR) is 85.9 cm³/mol. The van der Waals surface area contributed by atoms with Crippen molar-refractivity contribution in [2.24, 2.45) is 0 Å². The monoisotopic (exact) mass is 282 g/mol. The summed E-state index contributed by atoms with van der Waals surface area (Å²) < 4.78 is 0. The second-order valence-corrected chi connectivity index (χ2v) is 5.22. The Morgan fingerprint density at radius 3 is 2.43 bits per heavy atom. The van der Waals surface area contributed by atoms with Gasteiger partial charge in [0.05, 0.1) is 6.54 Å². The largest absolute Gasteiger partial charge is 0.351 e. The van der Waals surface area contributed by atoms with Gasteiger partial charge in [-0.1, -0.05) is 54.6 Å². The fraction of sp³-hybridized carbons (Fsp3) is 0.278. The Morgan fingerprint density at radius 2 is 1.71 bits per heavy atom. The highest BCUT2D eigenvalue weighted by molar-refractivity contribution is 5.78. The van der Waals surface area contributed by atoms with E-state index in [1.54, 1.807) is 0 Å². The van der Waals surface area contributed by atoms with Gasteiger partial charge < -0.3 is 10.6 Å². The van der Waals surface area contributed by atoms with E-state index >= 15 is 0 Å². The van der Waals surface area contributed by atoms with E-state index in [2.05, 4.69) is 36.6 Å². The van der Waals surface area contributed by atoms with Crippen LogP contribution in [0, 0.1) is 6.92 Å². The van der Waals surface area contributed by atoms with Crippen LogP contribution in [0.1, 0.15) is 29.7 Å². The fourth-order valence-electron chi connectivity index (χ4n) is 2.29. The number of hydrogen-bond donors (Lipinski definition) is 2. The Balaban J connectivity index is 1.77. The first-order chi connectivity index (χ1) is 10.2. The van der Waals surface area contributed by atoms with Crippen molar-refractivity contribution >= 4 is 5.91 Å². The number of benzene rings is 2. The maximum Gasteiger partial charge on any atom is 0.234 e. The van der Waals surface area contributed by atoms with Gasteiger partial charge in [0.2, 0.25) is 5.91 Å². The van der Waals surface area contributed by atoms with Crippen molar-refractivity contribution in [2.75, 3.05) is 6.54 Å². The van der Waals surface area contributed by atoms with E-state index in [-0.39, 0.29) is 11.9 Å². The molecular formula is C18H22N2O. The van der Waals surface area contributed by atoms with Gasteiger partial charge in [-0.2, -0.15) is 0 Å². The fourth-order valence-corrected chi connectivity index (χ4v) is 2.29. The Kier molecular flexibility index (Phi) is 5.52. The normalized spacial score (nSPS) is 11.9. The van der Waals surface area contributed by atoms with Crippen LogP contribution in [0.25, 0.3) is 0 Å². The summed E-state index contributed by atoms with van der Waals surface area (Å²) in [4.78, 5) is 11.9. The van der Waals surface area contributed by atoms with Gasteiger partial charge in [-0.15, -0.1) is 0 Å². The van der Waals surface area contributed by atoms with Gasteiger partial charge in [0, 0.05) is 12.6 Å². The number of rotatable bonds is 6. The average Bonchev–Trinajstić information content (AvgIpc) is 2.52. The van der Waals surface area contributed by atoms with Gasteiger partial charge >= 0.3 is 0 Å². The number of carbonyl (C=O) groups excluding carboxylic acids is 1. The van der Waals surface area contributed by atoms with Crippen LogP contribution in [-0.2, 0) is 11.3 Å². The molecule has 2 aromatic carbocycles. The first-order valence-electron chi connectivity index (χ1n) is 7.26. The SMILES string of the molecule is Cc1ccccc1[C@H](C)NCC(=O)NCc1ccccc1. The third-order valence-electron chi connectivity index (χ3n) is 3.56. The molecule has 0 aliphatic heterocycles. The summed E-state index contributed by atoms with van der Waals surface area (Å²) in [6, 6.07) is 18.3. The molecule has 0 aliphatic rings. The molecule has 1 atom stereocenters. The zero-order valence-electron chi connectivity index (χ0n) is 12.6. The van der Waals surface area contributed by atoms with E-state index in [1.807, 2.05) is 42.5 Å². The zero-order valence-corrected chi connectivity index (χ0v) is 12.6. The molecule has 0 aromatic heterocycles. The molecule has 0 saturated heterocycles. The topological polar surface area (TPSA) is 41.1 Å². The van der Waals surface area contributed by atoms with Crippen molar-refractivity contribution in [1.29, 1.82) is 0 Å². The Bertz CT molecular complexity index is 581. The molecule has 3 nitrogen and oxygen atoms in total. The van der Waals surface area contributed by atoms with E-state index in [0.29, 0.717) is 13.1 Å². The highest BCUT2D eigenvalue weighted by atomic mass is 16.1. The molecular weight excluding hydrogens is 260 g/mol. The van der Waals surface area contributed by atoms with Crippen LogP contribution in [0.4, 0.5) is 0 Å².